The molecule has 1 radical (unpaired) electrons. The van der Waals surface area contributed by atoms with E-state index in [1.165, 1.54) is 0 Å². The van der Waals surface area contributed by atoms with E-state index >= 15 is 0 Å². The molecule has 0 aromatic heterocycles. The summed E-state index contributed by atoms with van der Waals surface area (Å²) < 4.78 is 4.18. The van der Waals surface area contributed by atoms with Crippen LogP contribution in [0.15, 0.2) is 0 Å². The molecule has 0 atom stereocenters. The first-order valence-corrected chi connectivity index (χ1v) is 2.78. The SMILES string of the molecule is CCN.NCCOC=O.[Ag]. The summed E-state index contributed by atoms with van der Waals surface area (Å²) in [5.41, 5.74) is 9.78. The van der Waals surface area contributed by atoms with Gasteiger partial charge in [-0.1, -0.05) is 6.92 Å². The smallest absolute Gasteiger partial charge is 0.293 e. The summed E-state index contributed by atoms with van der Waals surface area (Å²) in [5, 5.41) is 0. The zero-order chi connectivity index (χ0) is 7.54. The standard InChI is InChI=1S/C3H7NO2.C2H7N.Ag/c4-1-2-6-3-5;1-2-3;/h3H,1-2,4H2;2-3H2,1H3;. The largest absolute Gasteiger partial charge is 0.467 e. The van der Waals surface area contributed by atoms with Crippen LogP contribution in [0.2, 0.25) is 0 Å². The first-order chi connectivity index (χ1) is 4.33. The Labute approximate surface area is 76.8 Å². The van der Waals surface area contributed by atoms with Crippen molar-refractivity contribution in [1.29, 1.82) is 0 Å². The maximum atomic E-state index is 9.29. The molecule has 0 aromatic carbocycles. The molecule has 0 aromatic rings. The van der Waals surface area contributed by atoms with Crippen molar-refractivity contribution in [3.8, 4) is 0 Å². The number of hydrogen-bond donors (Lipinski definition) is 2. The molecule has 0 rings (SSSR count). The molecule has 0 aliphatic carbocycles. The van der Waals surface area contributed by atoms with Crippen LogP contribution in [-0.2, 0) is 31.9 Å². The first kappa shape index (κ1) is 16.6. The monoisotopic (exact) mass is 241 g/mol. The predicted octanol–water partition coefficient (Wildman–Crippen LogP) is -0.919. The average molecular weight is 242 g/mol. The van der Waals surface area contributed by atoms with Crippen LogP contribution in [-0.4, -0.2) is 26.2 Å². The minimum atomic E-state index is 0. The molecule has 67 valence electrons. The van der Waals surface area contributed by atoms with Crippen LogP contribution in [0.3, 0.4) is 0 Å². The fourth-order valence-electron chi connectivity index (χ4n) is 0.116. The van der Waals surface area contributed by atoms with E-state index < -0.39 is 0 Å². The number of carbonyl (C=O) groups is 1. The Morgan fingerprint density at radius 3 is 2.00 bits per heavy atom. The zero-order valence-corrected chi connectivity index (χ0v) is 7.45. The van der Waals surface area contributed by atoms with Gasteiger partial charge in [-0.05, 0) is 6.54 Å². The minimum Gasteiger partial charge on any atom is -0.467 e. The van der Waals surface area contributed by atoms with E-state index in [1.807, 2.05) is 6.92 Å². The molecular formula is C5H14AgN2O2. The van der Waals surface area contributed by atoms with Crippen LogP contribution in [0.5, 0.6) is 0 Å². The van der Waals surface area contributed by atoms with Crippen LogP contribution in [0, 0.1) is 0 Å². The van der Waals surface area contributed by atoms with Gasteiger partial charge in [0, 0.05) is 28.9 Å². The molecule has 10 heavy (non-hydrogen) atoms. The van der Waals surface area contributed by atoms with Gasteiger partial charge in [-0.25, -0.2) is 0 Å². The second kappa shape index (κ2) is 22.9. The van der Waals surface area contributed by atoms with Gasteiger partial charge in [0.15, 0.2) is 0 Å². The fourth-order valence-corrected chi connectivity index (χ4v) is 0.116. The predicted molar refractivity (Wildman–Crippen MR) is 35.8 cm³/mol. The Bertz CT molecular complexity index is 54.9. The summed E-state index contributed by atoms with van der Waals surface area (Å²) in [7, 11) is 0. The van der Waals surface area contributed by atoms with E-state index in [1.54, 1.807) is 0 Å². The maximum absolute atomic E-state index is 9.29. The summed E-state index contributed by atoms with van der Waals surface area (Å²) in [5.74, 6) is 0. The Morgan fingerprint density at radius 1 is 1.50 bits per heavy atom. The molecule has 0 aliphatic rings. The molecule has 4 N–H and O–H groups in total. The van der Waals surface area contributed by atoms with Crippen LogP contribution >= 0.6 is 0 Å². The molecule has 0 fully saturated rings. The van der Waals surface area contributed by atoms with Crippen LogP contribution in [0.4, 0.5) is 0 Å². The Morgan fingerprint density at radius 2 is 1.90 bits per heavy atom. The fraction of sp³-hybridized carbons (Fsp3) is 0.800. The van der Waals surface area contributed by atoms with E-state index in [4.69, 9.17) is 11.5 Å². The van der Waals surface area contributed by atoms with E-state index in [2.05, 4.69) is 4.74 Å². The molecule has 0 saturated carbocycles. The van der Waals surface area contributed by atoms with Gasteiger partial charge in [-0.3, -0.25) is 4.79 Å². The molecule has 0 unspecified atom stereocenters. The third-order valence-electron chi connectivity index (χ3n) is 0.304. The quantitative estimate of drug-likeness (QED) is 0.381. The van der Waals surface area contributed by atoms with Crippen molar-refractivity contribution in [2.75, 3.05) is 19.7 Å². The number of nitrogens with two attached hydrogens (primary N) is 2. The van der Waals surface area contributed by atoms with E-state index in [-0.39, 0.29) is 22.4 Å². The van der Waals surface area contributed by atoms with Gasteiger partial charge in [-0.15, -0.1) is 0 Å². The van der Waals surface area contributed by atoms with Crippen molar-refractivity contribution in [3.63, 3.8) is 0 Å². The van der Waals surface area contributed by atoms with Gasteiger partial charge in [0.1, 0.15) is 6.61 Å². The second-order valence-electron chi connectivity index (χ2n) is 1.16. The van der Waals surface area contributed by atoms with Gasteiger partial charge < -0.3 is 16.2 Å². The Hall–Kier alpha value is 0.130. The Kier molecular flexibility index (Phi) is 38.1. The average Bonchev–Trinajstić information content (AvgIpc) is 1.86. The van der Waals surface area contributed by atoms with Crippen molar-refractivity contribution in [1.82, 2.24) is 0 Å². The summed E-state index contributed by atoms with van der Waals surface area (Å²) in [4.78, 5) is 9.29. The van der Waals surface area contributed by atoms with Crippen molar-refractivity contribution in [2.24, 2.45) is 11.5 Å². The van der Waals surface area contributed by atoms with Crippen LogP contribution in [0.1, 0.15) is 6.92 Å². The molecule has 0 saturated heterocycles. The van der Waals surface area contributed by atoms with Gasteiger partial charge in [0.25, 0.3) is 6.47 Å². The molecule has 0 amide bonds. The Balaban J connectivity index is -0.000000107. The molecule has 5 heteroatoms. The van der Waals surface area contributed by atoms with Crippen molar-refractivity contribution < 1.29 is 31.9 Å². The summed E-state index contributed by atoms with van der Waals surface area (Å²) in [6, 6.07) is 0. The van der Waals surface area contributed by atoms with Crippen LogP contribution in [0.25, 0.3) is 0 Å². The van der Waals surface area contributed by atoms with Gasteiger partial charge in [-0.2, -0.15) is 0 Å². The third-order valence-corrected chi connectivity index (χ3v) is 0.304. The molecule has 0 heterocycles. The van der Waals surface area contributed by atoms with Crippen molar-refractivity contribution in [3.05, 3.63) is 0 Å². The summed E-state index contributed by atoms with van der Waals surface area (Å²) in [6.45, 7) is 3.76. The zero-order valence-electron chi connectivity index (χ0n) is 5.97. The minimum absolute atomic E-state index is 0. The molecule has 0 spiro atoms. The van der Waals surface area contributed by atoms with Gasteiger partial charge >= 0.3 is 0 Å². The van der Waals surface area contributed by atoms with Gasteiger partial charge in [0.2, 0.25) is 0 Å². The van der Waals surface area contributed by atoms with E-state index in [9.17, 15) is 4.79 Å². The maximum Gasteiger partial charge on any atom is 0.293 e. The molecule has 0 aliphatic heterocycles. The van der Waals surface area contributed by atoms with Gasteiger partial charge in [0.05, 0.1) is 0 Å². The number of hydrogen-bond acceptors (Lipinski definition) is 4. The number of rotatable bonds is 3. The van der Waals surface area contributed by atoms with Crippen molar-refractivity contribution >= 4 is 6.47 Å². The third kappa shape index (κ3) is 42.2. The first-order valence-electron chi connectivity index (χ1n) is 2.78. The molecule has 4 nitrogen and oxygen atoms in total. The van der Waals surface area contributed by atoms with Crippen LogP contribution < -0.4 is 11.5 Å². The second-order valence-corrected chi connectivity index (χ2v) is 1.16. The molecular weight excluding hydrogens is 228 g/mol. The normalized spacial score (nSPS) is 6.30. The topological polar surface area (TPSA) is 78.3 Å². The van der Waals surface area contributed by atoms with E-state index in [0.717, 1.165) is 6.54 Å². The van der Waals surface area contributed by atoms with E-state index in [0.29, 0.717) is 19.6 Å². The summed E-state index contributed by atoms with van der Waals surface area (Å²) >= 11 is 0. The number of carbonyl (C=O) groups excluding carboxylic acids is 1. The number of ether oxygens (including phenoxy) is 1. The van der Waals surface area contributed by atoms with Crippen molar-refractivity contribution in [2.45, 2.75) is 6.92 Å². The molecule has 0 bridgehead atoms. The summed E-state index contributed by atoms with van der Waals surface area (Å²) in [6.07, 6.45) is 0.